The predicted octanol–water partition coefficient (Wildman–Crippen LogP) is 0.825. The van der Waals surface area contributed by atoms with Crippen LogP contribution in [-0.4, -0.2) is 40.3 Å². The van der Waals surface area contributed by atoms with Crippen LogP contribution in [0, 0.1) is 6.92 Å². The van der Waals surface area contributed by atoms with Crippen LogP contribution in [-0.2, 0) is 0 Å². The van der Waals surface area contributed by atoms with E-state index in [9.17, 15) is 4.79 Å². The minimum atomic E-state index is -0.296. The van der Waals surface area contributed by atoms with Gasteiger partial charge in [0.2, 0.25) is 5.76 Å². The van der Waals surface area contributed by atoms with Crippen LogP contribution in [0.1, 0.15) is 23.0 Å². The predicted molar refractivity (Wildman–Crippen MR) is 62.6 cm³/mol. The topological polar surface area (TPSA) is 75.4 Å². The molecule has 1 aromatic rings. The number of aliphatic hydroxyl groups is 1. The summed E-state index contributed by atoms with van der Waals surface area (Å²) in [5.74, 6) is -0.0698. The molecule has 0 aliphatic rings. The van der Waals surface area contributed by atoms with Crippen molar-refractivity contribution in [2.45, 2.75) is 25.1 Å². The second-order valence-electron chi connectivity index (χ2n) is 3.56. The van der Waals surface area contributed by atoms with Gasteiger partial charge in [0.15, 0.2) is 0 Å². The Morgan fingerprint density at radius 3 is 2.88 bits per heavy atom. The van der Waals surface area contributed by atoms with Gasteiger partial charge in [-0.05, 0) is 20.1 Å². The van der Waals surface area contributed by atoms with Crippen molar-refractivity contribution in [1.29, 1.82) is 0 Å². The summed E-state index contributed by atoms with van der Waals surface area (Å²) in [5.41, 5.74) is 0.703. The molecule has 0 saturated carbocycles. The standard InChI is InChI=1S/C10H16N2O3S/c1-6-4-11-15-9(6)10(14)12-7(2)8(5-13)16-3/h4,7-8,13H,5H2,1-3H3,(H,12,14). The molecular weight excluding hydrogens is 228 g/mol. The highest BCUT2D eigenvalue weighted by atomic mass is 32.2. The van der Waals surface area contributed by atoms with Gasteiger partial charge in [-0.25, -0.2) is 0 Å². The zero-order chi connectivity index (χ0) is 12.1. The Morgan fingerprint density at radius 2 is 2.44 bits per heavy atom. The van der Waals surface area contributed by atoms with Crippen molar-refractivity contribution < 1.29 is 14.4 Å². The molecule has 0 spiro atoms. The SMILES string of the molecule is CSC(CO)C(C)NC(=O)c1oncc1C. The Morgan fingerprint density at radius 1 is 1.75 bits per heavy atom. The number of hydrogen-bond donors (Lipinski definition) is 2. The van der Waals surface area contributed by atoms with Crippen molar-refractivity contribution in [3.63, 3.8) is 0 Å². The highest BCUT2D eigenvalue weighted by Gasteiger charge is 2.21. The van der Waals surface area contributed by atoms with Crippen LogP contribution in [0.15, 0.2) is 10.7 Å². The lowest BCUT2D eigenvalue weighted by Gasteiger charge is -2.20. The van der Waals surface area contributed by atoms with Crippen molar-refractivity contribution in [3.8, 4) is 0 Å². The maximum Gasteiger partial charge on any atom is 0.290 e. The summed E-state index contributed by atoms with van der Waals surface area (Å²) in [7, 11) is 0. The number of thioether (sulfide) groups is 1. The first-order valence-corrected chi connectivity index (χ1v) is 6.24. The number of aryl methyl sites for hydroxylation is 1. The van der Waals surface area contributed by atoms with Gasteiger partial charge in [-0.1, -0.05) is 5.16 Å². The summed E-state index contributed by atoms with van der Waals surface area (Å²) >= 11 is 1.51. The monoisotopic (exact) mass is 244 g/mol. The molecule has 16 heavy (non-hydrogen) atoms. The Bertz CT molecular complexity index is 350. The lowest BCUT2D eigenvalue weighted by Crippen LogP contribution is -2.41. The van der Waals surface area contributed by atoms with Crippen LogP contribution in [0.5, 0.6) is 0 Å². The third-order valence-electron chi connectivity index (χ3n) is 2.35. The third kappa shape index (κ3) is 2.99. The van der Waals surface area contributed by atoms with Gasteiger partial charge in [-0.2, -0.15) is 11.8 Å². The summed E-state index contributed by atoms with van der Waals surface area (Å²) < 4.78 is 4.84. The van der Waals surface area contributed by atoms with Crippen LogP contribution < -0.4 is 5.32 Å². The molecule has 2 unspecified atom stereocenters. The number of carbonyl (C=O) groups excluding carboxylic acids is 1. The quantitative estimate of drug-likeness (QED) is 0.802. The molecule has 0 aliphatic carbocycles. The lowest BCUT2D eigenvalue weighted by molar-refractivity contribution is 0.0898. The first-order chi connectivity index (χ1) is 7.60. The molecule has 1 amide bonds. The smallest absolute Gasteiger partial charge is 0.290 e. The van der Waals surface area contributed by atoms with E-state index in [4.69, 9.17) is 9.63 Å². The van der Waals surface area contributed by atoms with Gasteiger partial charge >= 0.3 is 0 Å². The van der Waals surface area contributed by atoms with E-state index in [0.29, 0.717) is 5.56 Å². The van der Waals surface area contributed by atoms with E-state index in [1.807, 2.05) is 13.2 Å². The fourth-order valence-corrected chi connectivity index (χ4v) is 1.94. The molecule has 2 N–H and O–H groups in total. The van der Waals surface area contributed by atoms with E-state index in [0.717, 1.165) is 0 Å². The van der Waals surface area contributed by atoms with Crippen LogP contribution in [0.2, 0.25) is 0 Å². The Hall–Kier alpha value is -1.01. The number of nitrogens with one attached hydrogen (secondary N) is 1. The highest BCUT2D eigenvalue weighted by molar-refractivity contribution is 7.99. The molecule has 0 bridgehead atoms. The molecule has 1 aromatic heterocycles. The van der Waals surface area contributed by atoms with Crippen molar-refractivity contribution in [1.82, 2.24) is 10.5 Å². The van der Waals surface area contributed by atoms with E-state index < -0.39 is 0 Å². The molecule has 1 rings (SSSR count). The average molecular weight is 244 g/mol. The largest absolute Gasteiger partial charge is 0.395 e. The van der Waals surface area contributed by atoms with Gasteiger partial charge < -0.3 is 14.9 Å². The second kappa shape index (κ2) is 5.91. The number of hydrogen-bond acceptors (Lipinski definition) is 5. The molecule has 0 radical (unpaired) electrons. The van der Waals surface area contributed by atoms with Crippen molar-refractivity contribution in [2.75, 3.05) is 12.9 Å². The Labute approximate surface area is 98.6 Å². The minimum Gasteiger partial charge on any atom is -0.395 e. The van der Waals surface area contributed by atoms with Gasteiger partial charge in [0.05, 0.1) is 12.8 Å². The van der Waals surface area contributed by atoms with Crippen LogP contribution in [0.4, 0.5) is 0 Å². The van der Waals surface area contributed by atoms with Gasteiger partial charge in [0.1, 0.15) is 0 Å². The number of amides is 1. The van der Waals surface area contributed by atoms with Crippen LogP contribution in [0.25, 0.3) is 0 Å². The Balaban J connectivity index is 2.61. The van der Waals surface area contributed by atoms with Crippen LogP contribution in [0.3, 0.4) is 0 Å². The summed E-state index contributed by atoms with van der Waals surface area (Å²) in [6.45, 7) is 3.63. The summed E-state index contributed by atoms with van der Waals surface area (Å²) in [4.78, 5) is 11.7. The van der Waals surface area contributed by atoms with E-state index in [-0.39, 0.29) is 29.6 Å². The molecule has 0 aliphatic heterocycles. The maximum atomic E-state index is 11.7. The Kier molecular flexibility index (Phi) is 4.82. The number of nitrogens with zero attached hydrogens (tertiary/aromatic N) is 1. The number of aromatic nitrogens is 1. The molecular formula is C10H16N2O3S. The number of rotatable bonds is 5. The van der Waals surface area contributed by atoms with Crippen molar-refractivity contribution in [3.05, 3.63) is 17.5 Å². The normalized spacial score (nSPS) is 14.5. The zero-order valence-corrected chi connectivity index (χ0v) is 10.4. The highest BCUT2D eigenvalue weighted by Crippen LogP contribution is 2.12. The third-order valence-corrected chi connectivity index (χ3v) is 3.52. The molecule has 2 atom stereocenters. The molecule has 0 fully saturated rings. The summed E-state index contributed by atoms with van der Waals surface area (Å²) in [6, 6.07) is -0.128. The number of carbonyl (C=O) groups is 1. The second-order valence-corrected chi connectivity index (χ2v) is 4.63. The van der Waals surface area contributed by atoms with Gasteiger partial charge in [-0.15, -0.1) is 0 Å². The first kappa shape index (κ1) is 13.1. The van der Waals surface area contributed by atoms with E-state index in [2.05, 4.69) is 10.5 Å². The fourth-order valence-electron chi connectivity index (χ4n) is 1.31. The van der Waals surface area contributed by atoms with Gasteiger partial charge in [0.25, 0.3) is 5.91 Å². The summed E-state index contributed by atoms with van der Waals surface area (Å²) in [5, 5.41) is 15.4. The average Bonchev–Trinajstić information content (AvgIpc) is 2.66. The molecule has 0 aromatic carbocycles. The molecule has 1 heterocycles. The van der Waals surface area contributed by atoms with Crippen LogP contribution >= 0.6 is 11.8 Å². The number of aliphatic hydroxyl groups excluding tert-OH is 1. The van der Waals surface area contributed by atoms with E-state index in [1.54, 1.807) is 6.92 Å². The maximum absolute atomic E-state index is 11.7. The first-order valence-electron chi connectivity index (χ1n) is 4.96. The van der Waals surface area contributed by atoms with E-state index in [1.165, 1.54) is 18.0 Å². The molecule has 6 heteroatoms. The molecule has 90 valence electrons. The van der Waals surface area contributed by atoms with E-state index >= 15 is 0 Å². The van der Waals surface area contributed by atoms with Crippen molar-refractivity contribution in [2.24, 2.45) is 0 Å². The molecule has 5 nitrogen and oxygen atoms in total. The fraction of sp³-hybridized carbons (Fsp3) is 0.600. The zero-order valence-electron chi connectivity index (χ0n) is 9.56. The molecule has 0 saturated heterocycles. The lowest BCUT2D eigenvalue weighted by atomic mass is 10.2. The van der Waals surface area contributed by atoms with Gasteiger partial charge in [-0.3, -0.25) is 4.79 Å². The van der Waals surface area contributed by atoms with Gasteiger partial charge in [0, 0.05) is 16.9 Å². The summed E-state index contributed by atoms with van der Waals surface area (Å²) in [6.07, 6.45) is 3.39. The van der Waals surface area contributed by atoms with Crippen molar-refractivity contribution >= 4 is 17.7 Å². The minimum absolute atomic E-state index is 0.0211.